The minimum absolute atomic E-state index is 0.0366. The van der Waals surface area contributed by atoms with Crippen LogP contribution in [0, 0.1) is 13.8 Å². The molecule has 0 spiro atoms. The van der Waals surface area contributed by atoms with E-state index in [0.29, 0.717) is 5.76 Å². The van der Waals surface area contributed by atoms with Crippen molar-refractivity contribution in [2.45, 2.75) is 26.3 Å². The summed E-state index contributed by atoms with van der Waals surface area (Å²) in [5.41, 5.74) is 3.91. The Morgan fingerprint density at radius 3 is 2.76 bits per heavy atom. The normalized spacial score (nSPS) is 16.8. The molecule has 1 amide bonds. The van der Waals surface area contributed by atoms with Gasteiger partial charge in [0.25, 0.3) is 5.91 Å². The average molecular weight is 335 g/mol. The van der Waals surface area contributed by atoms with Gasteiger partial charge >= 0.3 is 0 Å². The molecule has 25 heavy (non-hydrogen) atoms. The Balaban J connectivity index is 1.66. The van der Waals surface area contributed by atoms with Crippen molar-refractivity contribution in [3.8, 4) is 5.75 Å². The molecule has 0 saturated carbocycles. The molecule has 4 nitrogen and oxygen atoms in total. The first-order valence-corrected chi connectivity index (χ1v) is 8.53. The minimum atomic E-state index is -0.0366. The Kier molecular flexibility index (Phi) is 3.75. The number of likely N-dealkylation sites (tertiary alicyclic amines) is 1. The number of benzene rings is 2. The van der Waals surface area contributed by atoms with Crippen LogP contribution in [-0.4, -0.2) is 24.5 Å². The highest BCUT2D eigenvalue weighted by Gasteiger charge is 2.36. The summed E-state index contributed by atoms with van der Waals surface area (Å²) < 4.78 is 11.2. The quantitative estimate of drug-likeness (QED) is 0.700. The van der Waals surface area contributed by atoms with Crippen LogP contribution in [0.25, 0.3) is 11.0 Å². The zero-order valence-corrected chi connectivity index (χ0v) is 14.7. The molecule has 0 aliphatic carbocycles. The Morgan fingerprint density at radius 1 is 1.20 bits per heavy atom. The van der Waals surface area contributed by atoms with Gasteiger partial charge in [0.05, 0.1) is 13.2 Å². The lowest BCUT2D eigenvalue weighted by Crippen LogP contribution is -2.45. The fourth-order valence-corrected chi connectivity index (χ4v) is 3.49. The molecule has 1 atom stereocenters. The molecule has 1 aromatic heterocycles. The summed E-state index contributed by atoms with van der Waals surface area (Å²) in [5.74, 6) is 1.23. The van der Waals surface area contributed by atoms with Crippen LogP contribution in [0.4, 0.5) is 0 Å². The molecule has 1 fully saturated rings. The molecule has 0 radical (unpaired) electrons. The molecular weight excluding hydrogens is 314 g/mol. The number of methoxy groups -OCH3 is 1. The van der Waals surface area contributed by atoms with E-state index >= 15 is 0 Å². The van der Waals surface area contributed by atoms with Crippen molar-refractivity contribution in [1.29, 1.82) is 0 Å². The van der Waals surface area contributed by atoms with E-state index in [1.165, 1.54) is 0 Å². The van der Waals surface area contributed by atoms with Gasteiger partial charge in [-0.3, -0.25) is 4.79 Å². The van der Waals surface area contributed by atoms with Gasteiger partial charge in [-0.1, -0.05) is 24.3 Å². The van der Waals surface area contributed by atoms with Gasteiger partial charge in [-0.25, -0.2) is 0 Å². The first-order chi connectivity index (χ1) is 12.1. The summed E-state index contributed by atoms with van der Waals surface area (Å²) >= 11 is 0. The fraction of sp³-hybridized carbons (Fsp3) is 0.286. The summed E-state index contributed by atoms with van der Waals surface area (Å²) in [6.07, 6.45) is 0.956. The number of hydrogen-bond donors (Lipinski definition) is 0. The van der Waals surface area contributed by atoms with E-state index in [2.05, 4.69) is 0 Å². The summed E-state index contributed by atoms with van der Waals surface area (Å²) in [6.45, 7) is 4.72. The van der Waals surface area contributed by atoms with E-state index in [9.17, 15) is 4.79 Å². The first kappa shape index (κ1) is 15.8. The second kappa shape index (κ2) is 5.96. The third-order valence-corrected chi connectivity index (χ3v) is 5.05. The van der Waals surface area contributed by atoms with E-state index in [4.69, 9.17) is 9.15 Å². The summed E-state index contributed by atoms with van der Waals surface area (Å²) in [4.78, 5) is 14.9. The summed E-state index contributed by atoms with van der Waals surface area (Å²) in [6, 6.07) is 14.1. The Bertz CT molecular complexity index is 957. The van der Waals surface area contributed by atoms with Crippen molar-refractivity contribution >= 4 is 16.9 Å². The van der Waals surface area contributed by atoms with E-state index < -0.39 is 0 Å². The molecule has 3 aromatic rings. The fourth-order valence-electron chi connectivity index (χ4n) is 3.49. The number of aryl methyl sites for hydroxylation is 2. The highest BCUT2D eigenvalue weighted by Crippen LogP contribution is 2.37. The molecule has 1 saturated heterocycles. The highest BCUT2D eigenvalue weighted by molar-refractivity contribution is 5.99. The lowest BCUT2D eigenvalue weighted by Gasteiger charge is -2.41. The van der Waals surface area contributed by atoms with Crippen LogP contribution < -0.4 is 4.74 Å². The smallest absolute Gasteiger partial charge is 0.290 e. The molecule has 1 aliphatic rings. The lowest BCUT2D eigenvalue weighted by atomic mass is 9.94. The molecule has 0 bridgehead atoms. The van der Waals surface area contributed by atoms with Crippen LogP contribution in [0.2, 0.25) is 0 Å². The maximum atomic E-state index is 13.0. The molecule has 4 heteroatoms. The second-order valence-electron chi connectivity index (χ2n) is 6.64. The predicted molar refractivity (Wildman–Crippen MR) is 97.1 cm³/mol. The number of rotatable bonds is 3. The number of furan rings is 1. The third kappa shape index (κ3) is 2.58. The maximum absolute atomic E-state index is 13.0. The Hall–Kier alpha value is -2.75. The van der Waals surface area contributed by atoms with Crippen LogP contribution in [0.15, 0.2) is 46.9 Å². The number of carbonyl (C=O) groups excluding carboxylic acids is 1. The van der Waals surface area contributed by atoms with Gasteiger partial charge in [0, 0.05) is 17.5 Å². The van der Waals surface area contributed by atoms with E-state index in [-0.39, 0.29) is 11.9 Å². The third-order valence-electron chi connectivity index (χ3n) is 5.05. The monoisotopic (exact) mass is 335 g/mol. The molecule has 0 unspecified atom stereocenters. The first-order valence-electron chi connectivity index (χ1n) is 8.53. The molecule has 128 valence electrons. The zero-order chi connectivity index (χ0) is 17.6. The minimum Gasteiger partial charge on any atom is -0.497 e. The number of hydrogen-bond acceptors (Lipinski definition) is 3. The SMILES string of the molecule is COc1cccc([C@H]2CCN2C(=O)c2oc3cc(C)ccc3c2C)c1. The van der Waals surface area contributed by atoms with Gasteiger partial charge in [-0.2, -0.15) is 0 Å². The van der Waals surface area contributed by atoms with Crippen LogP contribution in [-0.2, 0) is 0 Å². The van der Waals surface area contributed by atoms with Gasteiger partial charge in [0.2, 0.25) is 0 Å². The maximum Gasteiger partial charge on any atom is 0.290 e. The van der Waals surface area contributed by atoms with Gasteiger partial charge in [-0.15, -0.1) is 0 Å². The van der Waals surface area contributed by atoms with Gasteiger partial charge in [0.1, 0.15) is 11.3 Å². The topological polar surface area (TPSA) is 42.7 Å². The number of amides is 1. The number of carbonyl (C=O) groups is 1. The van der Waals surface area contributed by atoms with Crippen molar-refractivity contribution in [3.63, 3.8) is 0 Å². The number of nitrogens with zero attached hydrogens (tertiary/aromatic N) is 1. The van der Waals surface area contributed by atoms with Crippen LogP contribution in [0.1, 0.15) is 39.7 Å². The van der Waals surface area contributed by atoms with Crippen LogP contribution in [0.3, 0.4) is 0 Å². The van der Waals surface area contributed by atoms with Crippen LogP contribution >= 0.6 is 0 Å². The summed E-state index contributed by atoms with van der Waals surface area (Å²) in [7, 11) is 1.66. The largest absolute Gasteiger partial charge is 0.497 e. The standard InChI is InChI=1S/C21H21NO3/c1-13-7-8-17-14(2)20(25-19(17)11-13)21(23)22-10-9-18(22)15-5-4-6-16(12-15)24-3/h4-8,11-12,18H,9-10H2,1-3H3/t18-/m1/s1. The molecular formula is C21H21NO3. The Morgan fingerprint density at radius 2 is 2.04 bits per heavy atom. The van der Waals surface area contributed by atoms with Crippen molar-refractivity contribution in [2.24, 2.45) is 0 Å². The van der Waals surface area contributed by atoms with Gasteiger partial charge < -0.3 is 14.1 Å². The number of fused-ring (bicyclic) bond motifs is 1. The highest BCUT2D eigenvalue weighted by atomic mass is 16.5. The molecule has 1 aliphatic heterocycles. The van der Waals surface area contributed by atoms with Crippen LogP contribution in [0.5, 0.6) is 5.75 Å². The van der Waals surface area contributed by atoms with Gasteiger partial charge in [-0.05, 0) is 49.6 Å². The number of ether oxygens (including phenoxy) is 1. The van der Waals surface area contributed by atoms with Crippen molar-refractivity contribution in [3.05, 3.63) is 64.9 Å². The average Bonchev–Trinajstić information content (AvgIpc) is 2.90. The molecule has 0 N–H and O–H groups in total. The van der Waals surface area contributed by atoms with Crippen molar-refractivity contribution < 1.29 is 13.9 Å². The van der Waals surface area contributed by atoms with Gasteiger partial charge in [0.15, 0.2) is 5.76 Å². The van der Waals surface area contributed by atoms with Crippen molar-refractivity contribution in [2.75, 3.05) is 13.7 Å². The molecule has 4 rings (SSSR count). The van der Waals surface area contributed by atoms with E-state index in [1.54, 1.807) is 7.11 Å². The van der Waals surface area contributed by atoms with Crippen molar-refractivity contribution in [1.82, 2.24) is 4.90 Å². The molecule has 2 heterocycles. The zero-order valence-electron chi connectivity index (χ0n) is 14.7. The Labute approximate surface area is 147 Å². The lowest BCUT2D eigenvalue weighted by molar-refractivity contribution is 0.0428. The van der Waals surface area contributed by atoms with E-state index in [0.717, 1.165) is 46.4 Å². The molecule has 2 aromatic carbocycles. The predicted octanol–water partition coefficient (Wildman–Crippen LogP) is 4.65. The second-order valence-corrected chi connectivity index (χ2v) is 6.64. The van der Waals surface area contributed by atoms with E-state index in [1.807, 2.05) is 61.2 Å². The summed E-state index contributed by atoms with van der Waals surface area (Å²) in [5, 5.41) is 1.01.